The Hall–Kier alpha value is -2.82. The summed E-state index contributed by atoms with van der Waals surface area (Å²) in [4.78, 5) is 26.9. The Bertz CT molecular complexity index is 836. The number of rotatable bonds is 6. The van der Waals surface area contributed by atoms with Gasteiger partial charge < -0.3 is 14.1 Å². The van der Waals surface area contributed by atoms with Crippen molar-refractivity contribution in [3.63, 3.8) is 0 Å². The number of esters is 1. The summed E-state index contributed by atoms with van der Waals surface area (Å²) in [5.41, 5.74) is 3.29. The quantitative estimate of drug-likeness (QED) is 0.703. The first kappa shape index (κ1) is 19.0. The van der Waals surface area contributed by atoms with Crippen LogP contribution in [0.1, 0.15) is 52.9 Å². The van der Waals surface area contributed by atoms with E-state index >= 15 is 0 Å². The van der Waals surface area contributed by atoms with Crippen LogP contribution >= 0.6 is 0 Å². The molecular formula is C22H25NO4. The van der Waals surface area contributed by atoms with E-state index in [4.69, 9.17) is 9.15 Å². The smallest absolute Gasteiger partial charge is 0.338 e. The van der Waals surface area contributed by atoms with Crippen molar-refractivity contribution in [2.24, 2.45) is 0 Å². The molecule has 0 aliphatic heterocycles. The number of amides is 1. The lowest BCUT2D eigenvalue weighted by molar-refractivity contribution is -0.133. The normalized spacial score (nSPS) is 13.8. The van der Waals surface area contributed by atoms with Crippen LogP contribution in [-0.2, 0) is 16.1 Å². The first-order valence-corrected chi connectivity index (χ1v) is 9.31. The van der Waals surface area contributed by atoms with Crippen molar-refractivity contribution in [3.05, 3.63) is 70.8 Å². The maximum absolute atomic E-state index is 12.8. The molecule has 1 aromatic carbocycles. The van der Waals surface area contributed by atoms with Gasteiger partial charge in [0.2, 0.25) is 0 Å². The summed E-state index contributed by atoms with van der Waals surface area (Å²) in [5, 5.41) is 0. The Morgan fingerprint density at radius 1 is 1.19 bits per heavy atom. The molecule has 2 aromatic rings. The fraction of sp³-hybridized carbons (Fsp3) is 0.364. The number of hydrogen-bond acceptors (Lipinski definition) is 4. The summed E-state index contributed by atoms with van der Waals surface area (Å²) in [5.74, 6) is -0.00555. The van der Waals surface area contributed by atoms with Crippen LogP contribution < -0.4 is 0 Å². The third kappa shape index (κ3) is 4.88. The second-order valence-corrected chi connectivity index (χ2v) is 6.89. The molecule has 5 heteroatoms. The van der Waals surface area contributed by atoms with E-state index in [1.807, 2.05) is 32.0 Å². The SMILES string of the molecule is Cc1ccc(C)c(C(=O)OCC(=O)N(Cc2ccco2)C2=CCCCC2)c1. The molecule has 5 nitrogen and oxygen atoms in total. The lowest BCUT2D eigenvalue weighted by atomic mass is 10.0. The molecule has 0 unspecified atom stereocenters. The average Bonchev–Trinajstić information content (AvgIpc) is 3.20. The van der Waals surface area contributed by atoms with E-state index in [0.717, 1.165) is 42.5 Å². The van der Waals surface area contributed by atoms with Crippen molar-refractivity contribution >= 4 is 11.9 Å². The summed E-state index contributed by atoms with van der Waals surface area (Å²) in [6.45, 7) is 3.83. The third-order valence-electron chi connectivity index (χ3n) is 4.75. The molecule has 1 heterocycles. The van der Waals surface area contributed by atoms with Gasteiger partial charge in [0.05, 0.1) is 18.4 Å². The lowest BCUT2D eigenvalue weighted by Crippen LogP contribution is -2.34. The second-order valence-electron chi connectivity index (χ2n) is 6.89. The molecule has 3 rings (SSSR count). The van der Waals surface area contributed by atoms with Gasteiger partial charge in [-0.15, -0.1) is 0 Å². The van der Waals surface area contributed by atoms with E-state index in [9.17, 15) is 9.59 Å². The molecular weight excluding hydrogens is 342 g/mol. The number of carbonyl (C=O) groups excluding carboxylic acids is 2. The monoisotopic (exact) mass is 367 g/mol. The zero-order valence-electron chi connectivity index (χ0n) is 15.9. The first-order chi connectivity index (χ1) is 13.0. The van der Waals surface area contributed by atoms with Crippen LogP contribution in [0.15, 0.2) is 52.8 Å². The molecule has 0 saturated carbocycles. The minimum absolute atomic E-state index is 0.238. The highest BCUT2D eigenvalue weighted by molar-refractivity contribution is 5.93. The first-order valence-electron chi connectivity index (χ1n) is 9.31. The molecule has 0 bridgehead atoms. The predicted molar refractivity (Wildman–Crippen MR) is 102 cm³/mol. The summed E-state index contributed by atoms with van der Waals surface area (Å²) in [6, 6.07) is 9.24. The number of carbonyl (C=O) groups is 2. The minimum atomic E-state index is -0.472. The molecule has 1 amide bonds. The van der Waals surface area contributed by atoms with E-state index in [1.54, 1.807) is 23.3 Å². The Balaban J connectivity index is 1.69. The van der Waals surface area contributed by atoms with Gasteiger partial charge in [-0.3, -0.25) is 4.79 Å². The van der Waals surface area contributed by atoms with Crippen LogP contribution in [0.4, 0.5) is 0 Å². The summed E-state index contributed by atoms with van der Waals surface area (Å²) < 4.78 is 10.7. The standard InChI is InChI=1S/C22H25NO4/c1-16-10-11-17(2)20(13-16)22(25)27-15-21(24)23(14-19-9-6-12-26-19)18-7-4-3-5-8-18/h6-7,9-13H,3-5,8,14-15H2,1-2H3. The summed E-state index contributed by atoms with van der Waals surface area (Å²) >= 11 is 0. The number of hydrogen-bond donors (Lipinski definition) is 0. The predicted octanol–water partition coefficient (Wildman–Crippen LogP) is 4.54. The van der Waals surface area contributed by atoms with Crippen molar-refractivity contribution in [2.75, 3.05) is 6.61 Å². The minimum Gasteiger partial charge on any atom is -0.467 e. The Morgan fingerprint density at radius 3 is 2.74 bits per heavy atom. The molecule has 0 atom stereocenters. The Kier molecular flexibility index (Phi) is 6.12. The van der Waals surface area contributed by atoms with E-state index < -0.39 is 5.97 Å². The van der Waals surface area contributed by atoms with E-state index in [-0.39, 0.29) is 12.5 Å². The number of nitrogens with zero attached hydrogens (tertiary/aromatic N) is 1. The summed E-state index contributed by atoms with van der Waals surface area (Å²) in [6.07, 6.45) is 7.67. The van der Waals surface area contributed by atoms with Crippen molar-refractivity contribution in [3.8, 4) is 0 Å². The molecule has 27 heavy (non-hydrogen) atoms. The molecule has 142 valence electrons. The van der Waals surface area contributed by atoms with E-state index in [1.165, 1.54) is 0 Å². The number of ether oxygens (including phenoxy) is 1. The Labute approximate surface area is 159 Å². The van der Waals surface area contributed by atoms with Crippen LogP contribution in [0.5, 0.6) is 0 Å². The van der Waals surface area contributed by atoms with Crippen molar-refractivity contribution in [1.29, 1.82) is 0 Å². The molecule has 1 aromatic heterocycles. The largest absolute Gasteiger partial charge is 0.467 e. The zero-order chi connectivity index (χ0) is 19.2. The van der Waals surface area contributed by atoms with Gasteiger partial charge >= 0.3 is 5.97 Å². The summed E-state index contributed by atoms with van der Waals surface area (Å²) in [7, 11) is 0. The lowest BCUT2D eigenvalue weighted by Gasteiger charge is -2.27. The third-order valence-corrected chi connectivity index (χ3v) is 4.75. The number of benzene rings is 1. The van der Waals surface area contributed by atoms with Crippen molar-refractivity contribution < 1.29 is 18.7 Å². The van der Waals surface area contributed by atoms with E-state index in [0.29, 0.717) is 17.9 Å². The average molecular weight is 367 g/mol. The van der Waals surface area contributed by atoms with Gasteiger partial charge in [0, 0.05) is 5.70 Å². The highest BCUT2D eigenvalue weighted by Gasteiger charge is 2.22. The zero-order valence-corrected chi connectivity index (χ0v) is 15.9. The van der Waals surface area contributed by atoms with Crippen LogP contribution in [0.2, 0.25) is 0 Å². The fourth-order valence-corrected chi connectivity index (χ4v) is 3.21. The number of allylic oxidation sites excluding steroid dienone is 2. The highest BCUT2D eigenvalue weighted by atomic mass is 16.5. The van der Waals surface area contributed by atoms with Gasteiger partial charge in [0.15, 0.2) is 6.61 Å². The van der Waals surface area contributed by atoms with Gasteiger partial charge in [-0.1, -0.05) is 23.8 Å². The molecule has 1 aliphatic rings. The van der Waals surface area contributed by atoms with Crippen molar-refractivity contribution in [2.45, 2.75) is 46.1 Å². The van der Waals surface area contributed by atoms with Crippen LogP contribution in [0.3, 0.4) is 0 Å². The molecule has 0 N–H and O–H groups in total. The van der Waals surface area contributed by atoms with Gasteiger partial charge in [0.25, 0.3) is 5.91 Å². The molecule has 1 aliphatic carbocycles. The van der Waals surface area contributed by atoms with Crippen LogP contribution in [0.25, 0.3) is 0 Å². The molecule has 0 saturated heterocycles. The molecule has 0 fully saturated rings. The second kappa shape index (κ2) is 8.71. The van der Waals surface area contributed by atoms with Crippen LogP contribution in [0, 0.1) is 13.8 Å². The number of aryl methyl sites for hydroxylation is 2. The maximum atomic E-state index is 12.8. The van der Waals surface area contributed by atoms with Crippen LogP contribution in [-0.4, -0.2) is 23.4 Å². The maximum Gasteiger partial charge on any atom is 0.338 e. The van der Waals surface area contributed by atoms with E-state index in [2.05, 4.69) is 6.08 Å². The topological polar surface area (TPSA) is 59.8 Å². The fourth-order valence-electron chi connectivity index (χ4n) is 3.21. The molecule has 0 spiro atoms. The highest BCUT2D eigenvalue weighted by Crippen LogP contribution is 2.23. The van der Waals surface area contributed by atoms with Gasteiger partial charge in [-0.25, -0.2) is 4.79 Å². The number of furan rings is 1. The van der Waals surface area contributed by atoms with Crippen molar-refractivity contribution in [1.82, 2.24) is 4.90 Å². The van der Waals surface area contributed by atoms with Gasteiger partial charge in [-0.2, -0.15) is 0 Å². The Morgan fingerprint density at radius 2 is 2.04 bits per heavy atom. The molecule has 0 radical (unpaired) electrons. The van der Waals surface area contributed by atoms with Gasteiger partial charge in [0.1, 0.15) is 5.76 Å². The van der Waals surface area contributed by atoms with Gasteiger partial charge in [-0.05, 0) is 63.3 Å².